The van der Waals surface area contributed by atoms with E-state index in [0.717, 1.165) is 15.0 Å². The topological polar surface area (TPSA) is 75.7 Å². The summed E-state index contributed by atoms with van der Waals surface area (Å²) in [4.78, 5) is 12.4. The van der Waals surface area contributed by atoms with Crippen molar-refractivity contribution in [2.24, 2.45) is 0 Å². The largest absolute Gasteiger partial charge is 0.457 e. The molecule has 150 valence electrons. The molecule has 0 saturated heterocycles. The molecule has 0 aliphatic carbocycles. The van der Waals surface area contributed by atoms with Gasteiger partial charge >= 0.3 is 0 Å². The number of halogens is 1. The minimum absolute atomic E-state index is 0.339. The maximum atomic E-state index is 12.4. The number of hydrogen-bond acceptors (Lipinski definition) is 4. The smallest absolute Gasteiger partial charge is 0.245 e. The minimum Gasteiger partial charge on any atom is -0.457 e. The number of carbonyl (C=O) groups is 1. The molecule has 3 aromatic rings. The van der Waals surface area contributed by atoms with Crippen LogP contribution in [0.1, 0.15) is 0 Å². The van der Waals surface area contributed by atoms with Crippen molar-refractivity contribution < 1.29 is 17.9 Å². The minimum atomic E-state index is -3.66. The van der Waals surface area contributed by atoms with Crippen LogP contribution in [-0.2, 0) is 14.8 Å². The molecule has 8 heteroatoms. The molecule has 0 spiro atoms. The van der Waals surface area contributed by atoms with E-state index in [1.807, 2.05) is 30.3 Å². The van der Waals surface area contributed by atoms with Crippen LogP contribution in [0.15, 0.2) is 83.3 Å². The summed E-state index contributed by atoms with van der Waals surface area (Å²) >= 11 is 3.32. The first-order valence-corrected chi connectivity index (χ1v) is 11.3. The molecule has 0 saturated carbocycles. The molecule has 0 atom stereocenters. The molecule has 3 rings (SSSR count). The van der Waals surface area contributed by atoms with Gasteiger partial charge in [-0.05, 0) is 60.7 Å². The van der Waals surface area contributed by atoms with Gasteiger partial charge in [0.15, 0.2) is 0 Å². The predicted molar refractivity (Wildman–Crippen MR) is 118 cm³/mol. The zero-order chi connectivity index (χ0) is 20.9. The Morgan fingerprint density at radius 3 is 2.10 bits per heavy atom. The number of nitrogens with one attached hydrogen (secondary N) is 1. The molecule has 6 nitrogen and oxygen atoms in total. The van der Waals surface area contributed by atoms with Crippen molar-refractivity contribution in [3.8, 4) is 11.5 Å². The lowest BCUT2D eigenvalue weighted by atomic mass is 10.3. The highest BCUT2D eigenvalue weighted by molar-refractivity contribution is 9.10. The van der Waals surface area contributed by atoms with Crippen molar-refractivity contribution in [2.45, 2.75) is 0 Å². The van der Waals surface area contributed by atoms with Crippen LogP contribution in [0, 0.1) is 0 Å². The lowest BCUT2D eigenvalue weighted by Gasteiger charge is -2.22. The maximum Gasteiger partial charge on any atom is 0.245 e. The number of sulfonamides is 1. The molecule has 1 amide bonds. The summed E-state index contributed by atoms with van der Waals surface area (Å²) in [6.45, 7) is -0.339. The van der Waals surface area contributed by atoms with Gasteiger partial charge in [0.25, 0.3) is 0 Å². The second-order valence-corrected chi connectivity index (χ2v) is 9.06. The average Bonchev–Trinajstić information content (AvgIpc) is 2.69. The monoisotopic (exact) mass is 474 g/mol. The number of benzene rings is 3. The number of ether oxygens (including phenoxy) is 1. The highest BCUT2D eigenvalue weighted by Gasteiger charge is 2.21. The fourth-order valence-electron chi connectivity index (χ4n) is 2.57. The molecule has 0 radical (unpaired) electrons. The van der Waals surface area contributed by atoms with Crippen LogP contribution in [0.4, 0.5) is 11.4 Å². The van der Waals surface area contributed by atoms with Crippen LogP contribution in [0.25, 0.3) is 0 Å². The molecule has 1 N–H and O–H groups in total. The number of amides is 1. The van der Waals surface area contributed by atoms with Gasteiger partial charge in [-0.3, -0.25) is 9.10 Å². The Labute approximate surface area is 178 Å². The Morgan fingerprint density at radius 1 is 0.931 bits per heavy atom. The van der Waals surface area contributed by atoms with E-state index < -0.39 is 15.9 Å². The number of carbonyl (C=O) groups excluding carboxylic acids is 1. The number of rotatable bonds is 7. The second-order valence-electron chi connectivity index (χ2n) is 6.23. The third kappa shape index (κ3) is 6.07. The standard InChI is InChI=1S/C21H19BrN2O4S/c1-29(26,27)24(15-21(25)23-17-9-7-16(22)8-10-17)18-11-13-20(14-12-18)28-19-5-3-2-4-6-19/h2-14H,15H2,1H3,(H,23,25). The second kappa shape index (κ2) is 9.11. The fourth-order valence-corrected chi connectivity index (χ4v) is 3.69. The summed E-state index contributed by atoms with van der Waals surface area (Å²) in [5.74, 6) is 0.796. The molecule has 29 heavy (non-hydrogen) atoms. The van der Waals surface area contributed by atoms with E-state index in [1.165, 1.54) is 0 Å². The Morgan fingerprint density at radius 2 is 1.52 bits per heavy atom. The molecule has 0 bridgehead atoms. The normalized spacial score (nSPS) is 11.0. The Hall–Kier alpha value is -2.84. The lowest BCUT2D eigenvalue weighted by Crippen LogP contribution is -2.37. The summed E-state index contributed by atoms with van der Waals surface area (Å²) in [5, 5.41) is 2.69. The van der Waals surface area contributed by atoms with E-state index >= 15 is 0 Å². The van der Waals surface area contributed by atoms with Crippen LogP contribution >= 0.6 is 15.9 Å². The van der Waals surface area contributed by atoms with Gasteiger partial charge in [0.2, 0.25) is 15.9 Å². The SMILES string of the molecule is CS(=O)(=O)N(CC(=O)Nc1ccc(Br)cc1)c1ccc(Oc2ccccc2)cc1. The van der Waals surface area contributed by atoms with Gasteiger partial charge in [-0.15, -0.1) is 0 Å². The van der Waals surface area contributed by atoms with E-state index in [0.29, 0.717) is 22.9 Å². The molecule has 0 unspecified atom stereocenters. The Kier molecular flexibility index (Phi) is 6.56. The quantitative estimate of drug-likeness (QED) is 0.540. The van der Waals surface area contributed by atoms with Crippen LogP contribution in [0.2, 0.25) is 0 Å². The average molecular weight is 475 g/mol. The first kappa shape index (κ1) is 20.9. The first-order valence-electron chi connectivity index (χ1n) is 8.67. The van der Waals surface area contributed by atoms with Crippen molar-refractivity contribution in [3.05, 3.63) is 83.3 Å². The van der Waals surface area contributed by atoms with E-state index in [4.69, 9.17) is 4.74 Å². The molecule has 0 aliphatic heterocycles. The van der Waals surface area contributed by atoms with Crippen molar-refractivity contribution in [1.29, 1.82) is 0 Å². The van der Waals surface area contributed by atoms with Crippen molar-refractivity contribution in [3.63, 3.8) is 0 Å². The van der Waals surface area contributed by atoms with Crippen LogP contribution in [-0.4, -0.2) is 27.1 Å². The van der Waals surface area contributed by atoms with Gasteiger partial charge < -0.3 is 10.1 Å². The summed E-state index contributed by atoms with van der Waals surface area (Å²) in [6, 6.07) is 22.8. The van der Waals surface area contributed by atoms with Gasteiger partial charge in [-0.25, -0.2) is 8.42 Å². The van der Waals surface area contributed by atoms with Crippen LogP contribution in [0.5, 0.6) is 11.5 Å². The van der Waals surface area contributed by atoms with Gasteiger partial charge in [-0.1, -0.05) is 34.1 Å². The molecule has 0 aromatic heterocycles. The van der Waals surface area contributed by atoms with E-state index in [9.17, 15) is 13.2 Å². The van der Waals surface area contributed by atoms with E-state index in [2.05, 4.69) is 21.2 Å². The van der Waals surface area contributed by atoms with Crippen molar-refractivity contribution in [1.82, 2.24) is 0 Å². The highest BCUT2D eigenvalue weighted by Crippen LogP contribution is 2.25. The number of nitrogens with zero attached hydrogens (tertiary/aromatic N) is 1. The van der Waals surface area contributed by atoms with Crippen molar-refractivity contribution in [2.75, 3.05) is 22.4 Å². The van der Waals surface area contributed by atoms with E-state index in [1.54, 1.807) is 48.5 Å². The van der Waals surface area contributed by atoms with Crippen LogP contribution in [0.3, 0.4) is 0 Å². The van der Waals surface area contributed by atoms with Gasteiger partial charge in [0, 0.05) is 10.2 Å². The van der Waals surface area contributed by atoms with E-state index in [-0.39, 0.29) is 6.54 Å². The number of anilines is 2. The predicted octanol–water partition coefficient (Wildman–Crippen LogP) is 4.65. The Balaban J connectivity index is 1.73. The molecular weight excluding hydrogens is 456 g/mol. The summed E-state index contributed by atoms with van der Waals surface area (Å²) < 4.78 is 32.1. The van der Waals surface area contributed by atoms with Crippen molar-refractivity contribution >= 4 is 43.2 Å². The molecular formula is C21H19BrN2O4S. The zero-order valence-electron chi connectivity index (χ0n) is 15.6. The summed E-state index contributed by atoms with van der Waals surface area (Å²) in [6.07, 6.45) is 1.06. The first-order chi connectivity index (χ1) is 13.8. The number of para-hydroxylation sites is 1. The maximum absolute atomic E-state index is 12.4. The summed E-state index contributed by atoms with van der Waals surface area (Å²) in [5.41, 5.74) is 0.956. The van der Waals surface area contributed by atoms with Gasteiger partial charge in [-0.2, -0.15) is 0 Å². The third-order valence-corrected chi connectivity index (χ3v) is 5.59. The fraction of sp³-hybridized carbons (Fsp3) is 0.0952. The molecule has 0 fully saturated rings. The van der Waals surface area contributed by atoms with Crippen LogP contribution < -0.4 is 14.4 Å². The zero-order valence-corrected chi connectivity index (χ0v) is 18.0. The lowest BCUT2D eigenvalue weighted by molar-refractivity contribution is -0.114. The molecule has 0 aliphatic rings. The molecule has 0 heterocycles. The summed E-state index contributed by atoms with van der Waals surface area (Å²) in [7, 11) is -3.66. The van der Waals surface area contributed by atoms with Gasteiger partial charge in [0.1, 0.15) is 18.0 Å². The Bertz CT molecular complexity index is 1070. The highest BCUT2D eigenvalue weighted by atomic mass is 79.9. The molecule has 3 aromatic carbocycles. The van der Waals surface area contributed by atoms with Gasteiger partial charge in [0.05, 0.1) is 11.9 Å². The number of hydrogen-bond donors (Lipinski definition) is 1. The third-order valence-electron chi connectivity index (χ3n) is 3.92.